The maximum atomic E-state index is 6.23. The smallest absolute Gasteiger partial charge is 0.333 e. The van der Waals surface area contributed by atoms with Crippen LogP contribution in [-0.4, -0.2) is 43.1 Å². The molecule has 5 fully saturated rings. The quantitative estimate of drug-likeness (QED) is 0.634. The molecule has 1 saturated carbocycles. The Bertz CT molecular complexity index is 386. The molecule has 106 valence electrons. The van der Waals surface area contributed by atoms with Crippen LogP contribution in [-0.2, 0) is 27.8 Å². The van der Waals surface area contributed by atoms with Gasteiger partial charge in [-0.15, -0.1) is 0 Å². The summed E-state index contributed by atoms with van der Waals surface area (Å²) in [6.07, 6.45) is 4.86. The number of fused-ring (bicyclic) bond motifs is 6. The predicted molar refractivity (Wildman–Crippen MR) is 63.1 cm³/mol. The molecule has 2 bridgehead atoms. The monoisotopic (exact) mass is 288 g/mol. The van der Waals surface area contributed by atoms with Gasteiger partial charge in [-0.1, -0.05) is 6.42 Å². The van der Waals surface area contributed by atoms with E-state index in [1.165, 1.54) is 6.42 Å². The Labute approximate surface area is 112 Å². The molecule has 5 aliphatic rings. The van der Waals surface area contributed by atoms with Crippen molar-refractivity contribution in [3.05, 3.63) is 0 Å². The zero-order chi connectivity index (χ0) is 12.4. The predicted octanol–water partition coefficient (Wildman–Crippen LogP) is 1.83. The molecule has 1 aliphatic carbocycles. The third-order valence-corrected chi connectivity index (χ3v) is 5.86. The van der Waals surface area contributed by atoms with Gasteiger partial charge >= 0.3 is 8.60 Å². The van der Waals surface area contributed by atoms with Crippen LogP contribution in [0.2, 0.25) is 0 Å². The standard InChI is InChI=1S/C12H17O6P/c1-2-4-12(5-3-1)15-10-9-8(14-11(10)16-12)7-6-13-19(17-7)18-9/h7-11H,1-6H2/t7?,8-,9+,10-,11-,19?/m1/s1. The second-order valence-electron chi connectivity index (χ2n) is 5.87. The molecule has 0 aromatic carbocycles. The highest BCUT2D eigenvalue weighted by Gasteiger charge is 2.63. The lowest BCUT2D eigenvalue weighted by Gasteiger charge is -2.35. The van der Waals surface area contributed by atoms with Crippen molar-refractivity contribution >= 4 is 8.60 Å². The molecule has 0 N–H and O–H groups in total. The van der Waals surface area contributed by atoms with Crippen molar-refractivity contribution in [3.63, 3.8) is 0 Å². The summed E-state index contributed by atoms with van der Waals surface area (Å²) in [7, 11) is -1.20. The lowest BCUT2D eigenvalue weighted by molar-refractivity contribution is -0.252. The number of ether oxygens (including phenoxy) is 3. The molecule has 6 atom stereocenters. The average Bonchev–Trinajstić information content (AvgIpc) is 3.05. The molecular weight excluding hydrogens is 271 g/mol. The molecule has 4 heterocycles. The molecule has 6 nitrogen and oxygen atoms in total. The highest BCUT2D eigenvalue weighted by molar-refractivity contribution is 7.42. The van der Waals surface area contributed by atoms with E-state index < -0.39 is 14.4 Å². The Morgan fingerprint density at radius 3 is 2.68 bits per heavy atom. The van der Waals surface area contributed by atoms with Gasteiger partial charge in [0, 0.05) is 12.8 Å². The van der Waals surface area contributed by atoms with Gasteiger partial charge < -0.3 is 27.8 Å². The first-order valence-corrected chi connectivity index (χ1v) is 8.20. The molecule has 4 aliphatic heterocycles. The summed E-state index contributed by atoms with van der Waals surface area (Å²) in [6.45, 7) is 0.553. The fourth-order valence-electron chi connectivity index (χ4n) is 3.72. The minimum atomic E-state index is -1.20. The van der Waals surface area contributed by atoms with Crippen LogP contribution in [0, 0.1) is 0 Å². The van der Waals surface area contributed by atoms with Gasteiger partial charge in [0.25, 0.3) is 0 Å². The van der Waals surface area contributed by atoms with E-state index in [1.54, 1.807) is 0 Å². The fourth-order valence-corrected chi connectivity index (χ4v) is 5.00. The van der Waals surface area contributed by atoms with E-state index in [9.17, 15) is 0 Å². The van der Waals surface area contributed by atoms with Gasteiger partial charge in [-0.05, 0) is 12.8 Å². The highest BCUT2D eigenvalue weighted by atomic mass is 31.2. The van der Waals surface area contributed by atoms with E-state index in [0.29, 0.717) is 6.61 Å². The van der Waals surface area contributed by atoms with Crippen molar-refractivity contribution in [1.82, 2.24) is 0 Å². The number of hydrogen-bond donors (Lipinski definition) is 0. The van der Waals surface area contributed by atoms with Crippen molar-refractivity contribution in [2.24, 2.45) is 0 Å². The lowest BCUT2D eigenvalue weighted by Crippen LogP contribution is -2.45. The van der Waals surface area contributed by atoms with Crippen molar-refractivity contribution < 1.29 is 27.8 Å². The first-order chi connectivity index (χ1) is 9.33. The molecule has 5 rings (SSSR count). The van der Waals surface area contributed by atoms with E-state index in [-0.39, 0.29) is 30.7 Å². The molecule has 7 heteroatoms. The molecule has 2 unspecified atom stereocenters. The van der Waals surface area contributed by atoms with Gasteiger partial charge in [-0.3, -0.25) is 0 Å². The van der Waals surface area contributed by atoms with Crippen LogP contribution in [0.4, 0.5) is 0 Å². The van der Waals surface area contributed by atoms with Crippen LogP contribution in [0.1, 0.15) is 32.1 Å². The molecular formula is C12H17O6P. The maximum absolute atomic E-state index is 6.23. The Morgan fingerprint density at radius 2 is 1.79 bits per heavy atom. The summed E-state index contributed by atoms with van der Waals surface area (Å²) in [5.41, 5.74) is 0. The largest absolute Gasteiger partial charge is 0.341 e. The van der Waals surface area contributed by atoms with E-state index in [0.717, 1.165) is 25.7 Å². The van der Waals surface area contributed by atoms with Crippen LogP contribution < -0.4 is 0 Å². The Hall–Kier alpha value is 0.190. The third-order valence-electron chi connectivity index (χ3n) is 4.64. The molecule has 0 amide bonds. The summed E-state index contributed by atoms with van der Waals surface area (Å²) < 4.78 is 35.2. The summed E-state index contributed by atoms with van der Waals surface area (Å²) in [5, 5.41) is 0. The first kappa shape index (κ1) is 11.8. The Kier molecular flexibility index (Phi) is 2.55. The molecule has 4 saturated heterocycles. The van der Waals surface area contributed by atoms with Gasteiger partial charge in [0.2, 0.25) is 0 Å². The van der Waals surface area contributed by atoms with Crippen LogP contribution in [0.15, 0.2) is 0 Å². The second kappa shape index (κ2) is 4.10. The molecule has 0 aromatic rings. The fraction of sp³-hybridized carbons (Fsp3) is 1.00. The second-order valence-corrected chi connectivity index (χ2v) is 7.00. The van der Waals surface area contributed by atoms with E-state index in [1.807, 2.05) is 0 Å². The first-order valence-electron chi connectivity index (χ1n) is 7.11. The zero-order valence-corrected chi connectivity index (χ0v) is 11.4. The van der Waals surface area contributed by atoms with Crippen LogP contribution in [0.25, 0.3) is 0 Å². The lowest BCUT2D eigenvalue weighted by atomic mass is 9.94. The van der Waals surface area contributed by atoms with Crippen LogP contribution in [0.5, 0.6) is 0 Å². The summed E-state index contributed by atoms with van der Waals surface area (Å²) in [5.74, 6) is -0.423. The van der Waals surface area contributed by atoms with Gasteiger partial charge in [-0.2, -0.15) is 0 Å². The van der Waals surface area contributed by atoms with Crippen molar-refractivity contribution in [2.75, 3.05) is 6.61 Å². The third kappa shape index (κ3) is 1.69. The molecule has 19 heavy (non-hydrogen) atoms. The van der Waals surface area contributed by atoms with E-state index >= 15 is 0 Å². The van der Waals surface area contributed by atoms with E-state index in [4.69, 9.17) is 27.8 Å². The summed E-state index contributed by atoms with van der Waals surface area (Å²) in [4.78, 5) is 0. The molecule has 0 radical (unpaired) electrons. The van der Waals surface area contributed by atoms with Crippen LogP contribution >= 0.6 is 8.60 Å². The van der Waals surface area contributed by atoms with Gasteiger partial charge in [-0.25, -0.2) is 0 Å². The van der Waals surface area contributed by atoms with Gasteiger partial charge in [0.15, 0.2) is 12.1 Å². The van der Waals surface area contributed by atoms with Crippen molar-refractivity contribution in [3.8, 4) is 0 Å². The van der Waals surface area contributed by atoms with Crippen molar-refractivity contribution in [2.45, 2.75) is 68.6 Å². The number of rotatable bonds is 0. The highest BCUT2D eigenvalue weighted by Crippen LogP contribution is 2.58. The minimum Gasteiger partial charge on any atom is -0.341 e. The molecule has 1 spiro atoms. The average molecular weight is 288 g/mol. The van der Waals surface area contributed by atoms with Crippen molar-refractivity contribution in [1.29, 1.82) is 0 Å². The van der Waals surface area contributed by atoms with Gasteiger partial charge in [0.05, 0.1) is 6.61 Å². The van der Waals surface area contributed by atoms with Gasteiger partial charge in [0.1, 0.15) is 24.4 Å². The Morgan fingerprint density at radius 1 is 0.895 bits per heavy atom. The molecule has 0 aromatic heterocycles. The SMILES string of the molecule is C1CCC2(CC1)O[C@H]1O[C@@H]3C4COP(O4)O[C@@H]3[C@H]1O2. The summed E-state index contributed by atoms with van der Waals surface area (Å²) in [6, 6.07) is 0. The van der Waals surface area contributed by atoms with Crippen LogP contribution in [0.3, 0.4) is 0 Å². The minimum absolute atomic E-state index is 0.0232. The van der Waals surface area contributed by atoms with E-state index in [2.05, 4.69) is 0 Å². The number of hydrogen-bond acceptors (Lipinski definition) is 6. The Balaban J connectivity index is 1.38. The topological polar surface area (TPSA) is 55.4 Å². The maximum Gasteiger partial charge on any atom is 0.333 e. The zero-order valence-electron chi connectivity index (χ0n) is 10.5. The summed E-state index contributed by atoms with van der Waals surface area (Å²) >= 11 is 0. The normalized spacial score (nSPS) is 54.3.